The highest BCUT2D eigenvalue weighted by atomic mass is 35.5. The van der Waals surface area contributed by atoms with E-state index in [1.807, 2.05) is 6.92 Å². The molecule has 3 rings (SSSR count). The van der Waals surface area contributed by atoms with Gasteiger partial charge in [0.25, 0.3) is 11.6 Å². The van der Waals surface area contributed by atoms with Crippen LogP contribution in [0.2, 0.25) is 0 Å². The monoisotopic (exact) mass is 325 g/mol. The third-order valence-corrected chi connectivity index (χ3v) is 4.78. The van der Waals surface area contributed by atoms with Gasteiger partial charge < -0.3 is 10.6 Å². The summed E-state index contributed by atoms with van der Waals surface area (Å²) < 4.78 is 0. The summed E-state index contributed by atoms with van der Waals surface area (Å²) in [6.07, 6.45) is 2.06. The summed E-state index contributed by atoms with van der Waals surface area (Å²) in [6.45, 7) is 3.12. The lowest BCUT2D eigenvalue weighted by Gasteiger charge is -2.19. The maximum Gasteiger partial charge on any atom is 0.282 e. The standard InChI is InChI=1S/C15H19N3O3.ClH/c1-9-2-5-14(18(20)21)11(6-9)15(19)17-7-10-3-4-13(16)12(10)8-17;/h2,5-6,10,12-13H,3-4,7-8,16H2,1H3;1H. The van der Waals surface area contributed by atoms with Crippen molar-refractivity contribution in [2.45, 2.75) is 25.8 Å². The molecular weight excluding hydrogens is 306 g/mol. The number of nitro groups is 1. The number of carbonyl (C=O) groups is 1. The summed E-state index contributed by atoms with van der Waals surface area (Å²) in [5.74, 6) is 0.553. The van der Waals surface area contributed by atoms with Gasteiger partial charge in [-0.2, -0.15) is 0 Å². The Bertz CT molecular complexity index is 608. The van der Waals surface area contributed by atoms with Crippen molar-refractivity contribution in [3.8, 4) is 0 Å². The molecule has 0 bridgehead atoms. The Kier molecular flexibility index (Phi) is 4.72. The molecule has 2 fully saturated rings. The van der Waals surface area contributed by atoms with Crippen LogP contribution in [0.1, 0.15) is 28.8 Å². The Morgan fingerprint density at radius 2 is 2.09 bits per heavy atom. The Hall–Kier alpha value is -1.66. The first-order valence-corrected chi connectivity index (χ1v) is 7.27. The highest BCUT2D eigenvalue weighted by molar-refractivity contribution is 5.98. The normalized spacial score (nSPS) is 26.5. The van der Waals surface area contributed by atoms with Gasteiger partial charge in [0.2, 0.25) is 0 Å². The number of benzene rings is 1. The number of likely N-dealkylation sites (tertiary alicyclic amines) is 1. The summed E-state index contributed by atoms with van der Waals surface area (Å²) >= 11 is 0. The average molecular weight is 326 g/mol. The number of halogens is 1. The van der Waals surface area contributed by atoms with Gasteiger partial charge in [-0.15, -0.1) is 12.4 Å². The van der Waals surface area contributed by atoms with Crippen LogP contribution in [0, 0.1) is 28.9 Å². The lowest BCUT2D eigenvalue weighted by molar-refractivity contribution is -0.385. The van der Waals surface area contributed by atoms with E-state index < -0.39 is 4.92 Å². The molecule has 0 aromatic heterocycles. The molecule has 1 aromatic rings. The molecule has 3 unspecified atom stereocenters. The van der Waals surface area contributed by atoms with Crippen LogP contribution in [-0.2, 0) is 0 Å². The number of nitro benzene ring substituents is 1. The summed E-state index contributed by atoms with van der Waals surface area (Å²) in [6, 6.07) is 4.82. The molecular formula is C15H20ClN3O3. The van der Waals surface area contributed by atoms with Crippen LogP contribution in [0.25, 0.3) is 0 Å². The van der Waals surface area contributed by atoms with Crippen LogP contribution < -0.4 is 5.73 Å². The van der Waals surface area contributed by atoms with Gasteiger partial charge in [-0.05, 0) is 43.2 Å². The van der Waals surface area contributed by atoms with Gasteiger partial charge in [-0.1, -0.05) is 6.07 Å². The van der Waals surface area contributed by atoms with Crippen molar-refractivity contribution in [3.05, 3.63) is 39.4 Å². The number of hydrogen-bond acceptors (Lipinski definition) is 4. The fourth-order valence-corrected chi connectivity index (χ4v) is 3.62. The third kappa shape index (κ3) is 2.80. The molecule has 1 aliphatic carbocycles. The highest BCUT2D eigenvalue weighted by Gasteiger charge is 2.43. The van der Waals surface area contributed by atoms with Gasteiger partial charge in [-0.25, -0.2) is 0 Å². The van der Waals surface area contributed by atoms with Gasteiger partial charge in [-0.3, -0.25) is 14.9 Å². The summed E-state index contributed by atoms with van der Waals surface area (Å²) in [5.41, 5.74) is 6.99. The first kappa shape index (κ1) is 16.7. The van der Waals surface area contributed by atoms with Crippen molar-refractivity contribution in [3.63, 3.8) is 0 Å². The number of nitrogens with zero attached hydrogens (tertiary/aromatic N) is 2. The molecule has 120 valence electrons. The van der Waals surface area contributed by atoms with Crippen LogP contribution in [0.5, 0.6) is 0 Å². The van der Waals surface area contributed by atoms with Crippen molar-refractivity contribution >= 4 is 24.0 Å². The van der Waals surface area contributed by atoms with E-state index in [0.29, 0.717) is 24.9 Å². The second kappa shape index (κ2) is 6.22. The zero-order valence-electron chi connectivity index (χ0n) is 12.4. The maximum atomic E-state index is 12.6. The van der Waals surface area contributed by atoms with Crippen molar-refractivity contribution in [2.75, 3.05) is 13.1 Å². The molecule has 0 spiro atoms. The lowest BCUT2D eigenvalue weighted by atomic mass is 9.98. The minimum Gasteiger partial charge on any atom is -0.338 e. The molecule has 0 radical (unpaired) electrons. The van der Waals surface area contributed by atoms with Crippen LogP contribution >= 0.6 is 12.4 Å². The molecule has 1 amide bonds. The van der Waals surface area contributed by atoms with E-state index in [1.54, 1.807) is 17.0 Å². The first-order valence-electron chi connectivity index (χ1n) is 7.27. The van der Waals surface area contributed by atoms with Gasteiger partial charge in [0, 0.05) is 25.2 Å². The van der Waals surface area contributed by atoms with Gasteiger partial charge in [0.05, 0.1) is 4.92 Å². The number of fused-ring (bicyclic) bond motifs is 1. The zero-order valence-corrected chi connectivity index (χ0v) is 13.2. The van der Waals surface area contributed by atoms with Crippen LogP contribution in [-0.4, -0.2) is 34.9 Å². The Morgan fingerprint density at radius 1 is 1.36 bits per heavy atom. The van der Waals surface area contributed by atoms with Crippen molar-refractivity contribution < 1.29 is 9.72 Å². The minimum absolute atomic E-state index is 0. The summed E-state index contributed by atoms with van der Waals surface area (Å²) in [5, 5.41) is 11.1. The van der Waals surface area contributed by atoms with Crippen LogP contribution in [0.3, 0.4) is 0 Å². The molecule has 7 heteroatoms. The maximum absolute atomic E-state index is 12.6. The van der Waals surface area contributed by atoms with Crippen LogP contribution in [0.15, 0.2) is 18.2 Å². The van der Waals surface area contributed by atoms with Crippen molar-refractivity contribution in [1.82, 2.24) is 4.90 Å². The number of rotatable bonds is 2. The second-order valence-electron chi connectivity index (χ2n) is 6.15. The zero-order chi connectivity index (χ0) is 15.1. The van der Waals surface area contributed by atoms with E-state index in [-0.39, 0.29) is 35.6 Å². The first-order chi connectivity index (χ1) is 9.97. The van der Waals surface area contributed by atoms with Gasteiger partial charge >= 0.3 is 0 Å². The van der Waals surface area contributed by atoms with E-state index in [0.717, 1.165) is 18.4 Å². The highest BCUT2D eigenvalue weighted by Crippen LogP contribution is 2.38. The smallest absolute Gasteiger partial charge is 0.282 e. The second-order valence-corrected chi connectivity index (χ2v) is 6.15. The lowest BCUT2D eigenvalue weighted by Crippen LogP contribution is -2.33. The van der Waals surface area contributed by atoms with Crippen molar-refractivity contribution in [2.24, 2.45) is 17.6 Å². The molecule has 1 aromatic carbocycles. The van der Waals surface area contributed by atoms with E-state index in [2.05, 4.69) is 0 Å². The van der Waals surface area contributed by atoms with E-state index in [4.69, 9.17) is 5.73 Å². The molecule has 1 saturated heterocycles. The Balaban J connectivity index is 0.00000176. The molecule has 1 aliphatic heterocycles. The van der Waals surface area contributed by atoms with Crippen molar-refractivity contribution in [1.29, 1.82) is 0 Å². The van der Waals surface area contributed by atoms with Crippen LogP contribution in [0.4, 0.5) is 5.69 Å². The van der Waals surface area contributed by atoms with E-state index >= 15 is 0 Å². The number of nitrogens with two attached hydrogens (primary N) is 1. The third-order valence-electron chi connectivity index (χ3n) is 4.78. The van der Waals surface area contributed by atoms with Gasteiger partial charge in [0.15, 0.2) is 0 Å². The Morgan fingerprint density at radius 3 is 2.73 bits per heavy atom. The van der Waals surface area contributed by atoms with Gasteiger partial charge in [0.1, 0.15) is 5.56 Å². The summed E-state index contributed by atoms with van der Waals surface area (Å²) in [7, 11) is 0. The SMILES string of the molecule is Cc1ccc([N+](=O)[O-])c(C(=O)N2CC3CCC(N)C3C2)c1.Cl. The molecule has 1 heterocycles. The summed E-state index contributed by atoms with van der Waals surface area (Å²) in [4.78, 5) is 25.0. The number of amides is 1. The predicted octanol–water partition coefficient (Wildman–Crippen LogP) is 2.13. The number of carbonyl (C=O) groups excluding carboxylic acids is 1. The molecule has 6 nitrogen and oxygen atoms in total. The molecule has 1 saturated carbocycles. The molecule has 2 aliphatic rings. The Labute approximate surface area is 135 Å². The average Bonchev–Trinajstić information content (AvgIpc) is 3.00. The largest absolute Gasteiger partial charge is 0.338 e. The quantitative estimate of drug-likeness (QED) is 0.666. The minimum atomic E-state index is -0.491. The predicted molar refractivity (Wildman–Crippen MR) is 85.2 cm³/mol. The van der Waals surface area contributed by atoms with E-state index in [1.165, 1.54) is 6.07 Å². The topological polar surface area (TPSA) is 89.5 Å². The molecule has 3 atom stereocenters. The number of aryl methyl sites for hydroxylation is 1. The molecule has 2 N–H and O–H groups in total. The number of hydrogen-bond donors (Lipinski definition) is 1. The molecule has 22 heavy (non-hydrogen) atoms. The fourth-order valence-electron chi connectivity index (χ4n) is 3.62. The van der Waals surface area contributed by atoms with E-state index in [9.17, 15) is 14.9 Å². The fraction of sp³-hybridized carbons (Fsp3) is 0.533.